The monoisotopic (exact) mass is 126 g/mol. The summed E-state index contributed by atoms with van der Waals surface area (Å²) in [5.74, 6) is 0.622. The number of aliphatic imine (C=N–C) groups is 1. The van der Waals surface area contributed by atoms with Crippen LogP contribution in [0.1, 0.15) is 27.2 Å². The van der Waals surface area contributed by atoms with Gasteiger partial charge in [-0.2, -0.15) is 0 Å². The molecule has 0 heterocycles. The van der Waals surface area contributed by atoms with Gasteiger partial charge in [0.05, 0.1) is 5.84 Å². The fourth-order valence-electron chi connectivity index (χ4n) is 0.619. The van der Waals surface area contributed by atoms with Crippen molar-refractivity contribution in [3.63, 3.8) is 0 Å². The van der Waals surface area contributed by atoms with Crippen molar-refractivity contribution in [3.05, 3.63) is 11.8 Å². The fourth-order valence-corrected chi connectivity index (χ4v) is 0.619. The molecule has 0 atom stereocenters. The highest BCUT2D eigenvalue weighted by Crippen LogP contribution is 1.95. The first-order valence-corrected chi connectivity index (χ1v) is 3.14. The smallest absolute Gasteiger partial charge is 0.0960 e. The standard InChI is InChI=1S/C7H14N2/c1-4-5-6(2)9-7(3)8/h5H,4H2,1-3H3,(H2,8,9)/b6-5+. The van der Waals surface area contributed by atoms with Gasteiger partial charge in [-0.15, -0.1) is 0 Å². The van der Waals surface area contributed by atoms with Gasteiger partial charge in [0.2, 0.25) is 0 Å². The molecule has 0 aromatic carbocycles. The Balaban J connectivity index is 3.90. The van der Waals surface area contributed by atoms with Gasteiger partial charge in [-0.1, -0.05) is 13.0 Å². The molecule has 0 saturated carbocycles. The van der Waals surface area contributed by atoms with E-state index in [0.29, 0.717) is 5.84 Å². The molecular formula is C7H14N2. The lowest BCUT2D eigenvalue weighted by Gasteiger charge is -1.90. The van der Waals surface area contributed by atoms with Gasteiger partial charge in [0.25, 0.3) is 0 Å². The summed E-state index contributed by atoms with van der Waals surface area (Å²) in [6, 6.07) is 0. The molecule has 0 rings (SSSR count). The predicted molar refractivity (Wildman–Crippen MR) is 41.3 cm³/mol. The SMILES string of the molecule is CC/C=C(\C)N=C(C)N. The van der Waals surface area contributed by atoms with Gasteiger partial charge >= 0.3 is 0 Å². The molecule has 0 aliphatic rings. The summed E-state index contributed by atoms with van der Waals surface area (Å²) in [4.78, 5) is 4.02. The van der Waals surface area contributed by atoms with Crippen LogP contribution >= 0.6 is 0 Å². The first-order valence-electron chi connectivity index (χ1n) is 3.14. The van der Waals surface area contributed by atoms with E-state index in [0.717, 1.165) is 12.1 Å². The van der Waals surface area contributed by atoms with E-state index in [2.05, 4.69) is 11.9 Å². The van der Waals surface area contributed by atoms with E-state index in [4.69, 9.17) is 5.73 Å². The van der Waals surface area contributed by atoms with Crippen LogP contribution in [0.5, 0.6) is 0 Å². The average molecular weight is 126 g/mol. The van der Waals surface area contributed by atoms with Gasteiger partial charge in [0, 0.05) is 5.70 Å². The predicted octanol–water partition coefficient (Wildman–Crippen LogP) is 1.68. The number of rotatable bonds is 2. The van der Waals surface area contributed by atoms with Crippen molar-refractivity contribution in [1.29, 1.82) is 0 Å². The molecule has 0 spiro atoms. The van der Waals surface area contributed by atoms with Crippen molar-refractivity contribution < 1.29 is 0 Å². The maximum atomic E-state index is 5.33. The zero-order valence-electron chi connectivity index (χ0n) is 6.31. The quantitative estimate of drug-likeness (QED) is 0.443. The normalized spacial score (nSPS) is 14.1. The Bertz CT molecular complexity index is 130. The lowest BCUT2D eigenvalue weighted by atomic mass is 10.4. The van der Waals surface area contributed by atoms with Gasteiger partial charge < -0.3 is 5.73 Å². The fraction of sp³-hybridized carbons (Fsp3) is 0.571. The van der Waals surface area contributed by atoms with Crippen LogP contribution < -0.4 is 5.73 Å². The summed E-state index contributed by atoms with van der Waals surface area (Å²) < 4.78 is 0. The molecule has 0 saturated heterocycles. The van der Waals surface area contributed by atoms with Crippen molar-refractivity contribution in [2.24, 2.45) is 10.7 Å². The highest BCUT2D eigenvalue weighted by molar-refractivity contribution is 5.78. The Morgan fingerprint density at radius 1 is 1.56 bits per heavy atom. The minimum Gasteiger partial charge on any atom is -0.387 e. The van der Waals surface area contributed by atoms with Crippen LogP contribution in [0.2, 0.25) is 0 Å². The molecular weight excluding hydrogens is 112 g/mol. The molecule has 2 nitrogen and oxygen atoms in total. The Labute approximate surface area is 56.5 Å². The molecule has 0 radical (unpaired) electrons. The average Bonchev–Trinajstić information content (AvgIpc) is 1.63. The molecule has 52 valence electrons. The summed E-state index contributed by atoms with van der Waals surface area (Å²) in [6.07, 6.45) is 3.05. The summed E-state index contributed by atoms with van der Waals surface area (Å²) in [5.41, 5.74) is 6.33. The van der Waals surface area contributed by atoms with E-state index in [1.165, 1.54) is 0 Å². The number of nitrogens with zero attached hydrogens (tertiary/aromatic N) is 1. The number of hydrogen-bond acceptors (Lipinski definition) is 1. The van der Waals surface area contributed by atoms with Gasteiger partial charge in [-0.05, 0) is 20.3 Å². The minimum atomic E-state index is 0.622. The van der Waals surface area contributed by atoms with Gasteiger partial charge in [0.1, 0.15) is 0 Å². The molecule has 2 N–H and O–H groups in total. The molecule has 0 fully saturated rings. The third-order valence-electron chi connectivity index (χ3n) is 0.852. The van der Waals surface area contributed by atoms with E-state index < -0.39 is 0 Å². The maximum absolute atomic E-state index is 5.33. The van der Waals surface area contributed by atoms with Crippen molar-refractivity contribution >= 4 is 5.84 Å². The molecule has 9 heavy (non-hydrogen) atoms. The number of amidine groups is 1. The molecule has 0 unspecified atom stereocenters. The second-order valence-electron chi connectivity index (χ2n) is 2.01. The number of hydrogen-bond donors (Lipinski definition) is 1. The van der Waals surface area contributed by atoms with Crippen LogP contribution in [0.15, 0.2) is 16.8 Å². The minimum absolute atomic E-state index is 0.622. The summed E-state index contributed by atoms with van der Waals surface area (Å²) in [5, 5.41) is 0. The van der Waals surface area contributed by atoms with E-state index >= 15 is 0 Å². The third kappa shape index (κ3) is 5.07. The molecule has 2 heteroatoms. The first kappa shape index (κ1) is 8.21. The lowest BCUT2D eigenvalue weighted by Crippen LogP contribution is -2.04. The molecule has 0 aromatic heterocycles. The van der Waals surface area contributed by atoms with Crippen LogP contribution in [-0.2, 0) is 0 Å². The van der Waals surface area contributed by atoms with Gasteiger partial charge in [-0.25, -0.2) is 4.99 Å². The maximum Gasteiger partial charge on any atom is 0.0960 e. The van der Waals surface area contributed by atoms with Crippen molar-refractivity contribution in [3.8, 4) is 0 Å². The van der Waals surface area contributed by atoms with Crippen molar-refractivity contribution in [2.45, 2.75) is 27.2 Å². The van der Waals surface area contributed by atoms with E-state index in [1.807, 2.05) is 13.0 Å². The Hall–Kier alpha value is -0.790. The number of nitrogens with two attached hydrogens (primary N) is 1. The van der Waals surface area contributed by atoms with E-state index in [1.54, 1.807) is 6.92 Å². The molecule has 0 bridgehead atoms. The van der Waals surface area contributed by atoms with Gasteiger partial charge in [0.15, 0.2) is 0 Å². The molecule has 0 amide bonds. The highest BCUT2D eigenvalue weighted by Gasteiger charge is 1.80. The second kappa shape index (κ2) is 4.13. The van der Waals surface area contributed by atoms with Crippen molar-refractivity contribution in [1.82, 2.24) is 0 Å². The highest BCUT2D eigenvalue weighted by atomic mass is 14.8. The Morgan fingerprint density at radius 2 is 2.11 bits per heavy atom. The van der Waals surface area contributed by atoms with E-state index in [9.17, 15) is 0 Å². The van der Waals surface area contributed by atoms with E-state index in [-0.39, 0.29) is 0 Å². The topological polar surface area (TPSA) is 38.4 Å². The van der Waals surface area contributed by atoms with Gasteiger partial charge in [-0.3, -0.25) is 0 Å². The van der Waals surface area contributed by atoms with Crippen LogP contribution in [-0.4, -0.2) is 5.84 Å². The zero-order chi connectivity index (χ0) is 7.28. The second-order valence-corrected chi connectivity index (χ2v) is 2.01. The largest absolute Gasteiger partial charge is 0.387 e. The molecule has 0 aliphatic carbocycles. The van der Waals surface area contributed by atoms with Crippen LogP contribution in [0, 0.1) is 0 Å². The lowest BCUT2D eigenvalue weighted by molar-refractivity contribution is 1.15. The summed E-state index contributed by atoms with van der Waals surface area (Å²) >= 11 is 0. The third-order valence-corrected chi connectivity index (χ3v) is 0.852. The Kier molecular flexibility index (Phi) is 3.76. The molecule has 0 aliphatic heterocycles. The molecule has 0 aromatic rings. The van der Waals surface area contributed by atoms with Crippen LogP contribution in [0.4, 0.5) is 0 Å². The summed E-state index contributed by atoms with van der Waals surface area (Å²) in [6.45, 7) is 5.80. The summed E-state index contributed by atoms with van der Waals surface area (Å²) in [7, 11) is 0. The van der Waals surface area contributed by atoms with Crippen LogP contribution in [0.25, 0.3) is 0 Å². The number of allylic oxidation sites excluding steroid dienone is 2. The van der Waals surface area contributed by atoms with Crippen molar-refractivity contribution in [2.75, 3.05) is 0 Å². The Morgan fingerprint density at radius 3 is 2.44 bits per heavy atom. The first-order chi connectivity index (χ1) is 4.16. The van der Waals surface area contributed by atoms with Crippen LogP contribution in [0.3, 0.4) is 0 Å². The zero-order valence-corrected chi connectivity index (χ0v) is 6.31.